The van der Waals surface area contributed by atoms with E-state index in [2.05, 4.69) is 0 Å². The Kier molecular flexibility index (Phi) is 3.19. The van der Waals surface area contributed by atoms with Gasteiger partial charge in [-0.05, 0) is 16.9 Å². The highest BCUT2D eigenvalue weighted by Crippen LogP contribution is 2.59. The Balaban J connectivity index is 2.02. The molecule has 1 amide bonds. The average Bonchev–Trinajstić information content (AvgIpc) is 2.63. The van der Waals surface area contributed by atoms with Crippen LogP contribution in [0, 0.1) is 17.3 Å². The molecule has 4 nitrogen and oxygen atoms in total. The van der Waals surface area contributed by atoms with Gasteiger partial charge in [-0.2, -0.15) is 0 Å². The zero-order valence-electron chi connectivity index (χ0n) is 10.7. The van der Waals surface area contributed by atoms with E-state index in [1.807, 2.05) is 31.4 Å². The summed E-state index contributed by atoms with van der Waals surface area (Å²) in [6.07, 6.45) is 0. The van der Waals surface area contributed by atoms with Gasteiger partial charge in [0, 0.05) is 11.9 Å². The summed E-state index contributed by atoms with van der Waals surface area (Å²) in [5.74, 6) is -1.88. The molecule has 1 aromatic heterocycles. The number of amides is 1. The van der Waals surface area contributed by atoms with Gasteiger partial charge in [0.2, 0.25) is 5.91 Å². The number of carboxylic acid groups (broad SMARTS) is 1. The van der Waals surface area contributed by atoms with Gasteiger partial charge < -0.3 is 10.0 Å². The molecule has 0 unspecified atom stereocenters. The minimum atomic E-state index is -0.872. The first kappa shape index (κ1) is 13.1. The largest absolute Gasteiger partial charge is 0.481 e. The Morgan fingerprint density at radius 1 is 1.44 bits per heavy atom. The van der Waals surface area contributed by atoms with Crippen LogP contribution >= 0.6 is 11.3 Å². The van der Waals surface area contributed by atoms with Crippen molar-refractivity contribution in [2.24, 2.45) is 17.3 Å². The van der Waals surface area contributed by atoms with E-state index in [4.69, 9.17) is 5.11 Å². The van der Waals surface area contributed by atoms with Gasteiger partial charge in [-0.25, -0.2) is 0 Å². The van der Waals surface area contributed by atoms with Crippen LogP contribution in [0.2, 0.25) is 0 Å². The third-order valence-electron chi connectivity index (χ3n) is 3.71. The van der Waals surface area contributed by atoms with Crippen LogP contribution in [0.4, 0.5) is 0 Å². The van der Waals surface area contributed by atoms with Gasteiger partial charge in [-0.15, -0.1) is 11.3 Å². The Hall–Kier alpha value is -1.36. The first-order valence-electron chi connectivity index (χ1n) is 5.86. The Morgan fingerprint density at radius 3 is 2.56 bits per heavy atom. The molecule has 1 aromatic rings. The Morgan fingerprint density at radius 2 is 2.11 bits per heavy atom. The van der Waals surface area contributed by atoms with Crippen molar-refractivity contribution in [2.45, 2.75) is 20.4 Å². The van der Waals surface area contributed by atoms with Crippen molar-refractivity contribution in [3.63, 3.8) is 0 Å². The number of nitrogens with zero attached hydrogens (tertiary/aromatic N) is 1. The zero-order chi connectivity index (χ0) is 13.5. The van der Waals surface area contributed by atoms with Crippen LogP contribution < -0.4 is 0 Å². The first-order valence-corrected chi connectivity index (χ1v) is 6.74. The number of carboxylic acids is 1. The second-order valence-electron chi connectivity index (χ2n) is 5.39. The van der Waals surface area contributed by atoms with Crippen molar-refractivity contribution in [3.8, 4) is 0 Å². The molecule has 2 rings (SSSR count). The number of carbonyl (C=O) groups excluding carboxylic acids is 1. The minimum absolute atomic E-state index is 0.0687. The summed E-state index contributed by atoms with van der Waals surface area (Å²) in [5.41, 5.74) is -0.424. The lowest BCUT2D eigenvalue weighted by atomic mass is 10.1. The molecular weight excluding hydrogens is 250 g/mol. The maximum Gasteiger partial charge on any atom is 0.307 e. The van der Waals surface area contributed by atoms with Gasteiger partial charge in [0.25, 0.3) is 0 Å². The average molecular weight is 267 g/mol. The van der Waals surface area contributed by atoms with Gasteiger partial charge in [0.1, 0.15) is 0 Å². The van der Waals surface area contributed by atoms with Crippen LogP contribution in [-0.4, -0.2) is 28.9 Å². The fourth-order valence-electron chi connectivity index (χ4n) is 2.51. The van der Waals surface area contributed by atoms with Gasteiger partial charge in [0.05, 0.1) is 18.4 Å². The summed E-state index contributed by atoms with van der Waals surface area (Å²) in [6, 6.07) is 3.92. The smallest absolute Gasteiger partial charge is 0.307 e. The molecular formula is C13H17NO3S. The summed E-state index contributed by atoms with van der Waals surface area (Å²) in [6.45, 7) is 4.23. The van der Waals surface area contributed by atoms with E-state index in [0.29, 0.717) is 6.54 Å². The minimum Gasteiger partial charge on any atom is -0.481 e. The molecule has 1 aliphatic carbocycles. The number of carbonyl (C=O) groups is 2. The topological polar surface area (TPSA) is 57.6 Å². The van der Waals surface area contributed by atoms with Gasteiger partial charge >= 0.3 is 5.97 Å². The van der Waals surface area contributed by atoms with Crippen molar-refractivity contribution in [1.82, 2.24) is 4.90 Å². The number of rotatable bonds is 4. The normalized spacial score (nSPS) is 24.6. The third kappa shape index (κ3) is 2.14. The van der Waals surface area contributed by atoms with Crippen molar-refractivity contribution in [2.75, 3.05) is 7.05 Å². The molecule has 1 heterocycles. The quantitative estimate of drug-likeness (QED) is 0.908. The van der Waals surface area contributed by atoms with Crippen LogP contribution in [0.1, 0.15) is 18.7 Å². The SMILES string of the molecule is CN(Cc1cccs1)C(=O)[C@@H]1[C@H](C(=O)O)C1(C)C. The summed E-state index contributed by atoms with van der Waals surface area (Å²) < 4.78 is 0. The molecule has 0 aromatic carbocycles. The molecule has 1 N–H and O–H groups in total. The Labute approximate surface area is 110 Å². The van der Waals surface area contributed by atoms with E-state index in [9.17, 15) is 9.59 Å². The van der Waals surface area contributed by atoms with Gasteiger partial charge in [-0.1, -0.05) is 19.9 Å². The van der Waals surface area contributed by atoms with E-state index in [-0.39, 0.29) is 11.8 Å². The number of hydrogen-bond donors (Lipinski definition) is 1. The first-order chi connectivity index (χ1) is 8.35. The van der Waals surface area contributed by atoms with E-state index in [1.54, 1.807) is 23.3 Å². The van der Waals surface area contributed by atoms with Crippen LogP contribution in [-0.2, 0) is 16.1 Å². The molecule has 18 heavy (non-hydrogen) atoms. The molecule has 98 valence electrons. The summed E-state index contributed by atoms with van der Waals surface area (Å²) in [7, 11) is 1.73. The molecule has 0 bridgehead atoms. The third-order valence-corrected chi connectivity index (χ3v) is 4.57. The van der Waals surface area contributed by atoms with E-state index in [0.717, 1.165) is 4.88 Å². The molecule has 0 radical (unpaired) electrons. The highest BCUT2D eigenvalue weighted by Gasteiger charge is 2.66. The Bertz CT molecular complexity index is 467. The fourth-order valence-corrected chi connectivity index (χ4v) is 3.27. The molecule has 0 spiro atoms. The highest BCUT2D eigenvalue weighted by molar-refractivity contribution is 7.09. The van der Waals surface area contributed by atoms with Crippen molar-refractivity contribution in [1.29, 1.82) is 0 Å². The van der Waals surface area contributed by atoms with Crippen molar-refractivity contribution >= 4 is 23.2 Å². The van der Waals surface area contributed by atoms with Crippen molar-refractivity contribution in [3.05, 3.63) is 22.4 Å². The monoisotopic (exact) mass is 267 g/mol. The standard InChI is InChI=1S/C13H17NO3S/c1-13(2)9(10(13)12(16)17)11(15)14(3)7-8-5-4-6-18-8/h4-6,9-10H,7H2,1-3H3,(H,16,17)/t9-,10+/m0/s1. The highest BCUT2D eigenvalue weighted by atomic mass is 32.1. The molecule has 5 heteroatoms. The molecule has 0 saturated heterocycles. The molecule has 0 aliphatic heterocycles. The number of aliphatic carboxylic acids is 1. The van der Waals surface area contributed by atoms with Gasteiger partial charge in [-0.3, -0.25) is 9.59 Å². The number of hydrogen-bond acceptors (Lipinski definition) is 3. The number of thiophene rings is 1. The van der Waals surface area contributed by atoms with Crippen molar-refractivity contribution < 1.29 is 14.7 Å². The molecule has 1 fully saturated rings. The predicted octanol–water partition coefficient (Wildman–Crippen LogP) is 2.06. The van der Waals surface area contributed by atoms with Gasteiger partial charge in [0.15, 0.2) is 0 Å². The summed E-state index contributed by atoms with van der Waals surface area (Å²) in [5, 5.41) is 11.0. The fraction of sp³-hybridized carbons (Fsp3) is 0.538. The lowest BCUT2D eigenvalue weighted by Crippen LogP contribution is -2.29. The molecule has 1 saturated carbocycles. The molecule has 1 aliphatic rings. The van der Waals surface area contributed by atoms with E-state index < -0.39 is 17.3 Å². The predicted molar refractivity (Wildman–Crippen MR) is 69.2 cm³/mol. The lowest BCUT2D eigenvalue weighted by Gasteiger charge is -2.17. The summed E-state index contributed by atoms with van der Waals surface area (Å²) in [4.78, 5) is 26.0. The second kappa shape index (κ2) is 4.39. The van der Waals surface area contributed by atoms with E-state index in [1.165, 1.54) is 0 Å². The maximum absolute atomic E-state index is 12.2. The van der Waals surface area contributed by atoms with Crippen LogP contribution in [0.25, 0.3) is 0 Å². The van der Waals surface area contributed by atoms with E-state index >= 15 is 0 Å². The molecule has 2 atom stereocenters. The second-order valence-corrected chi connectivity index (χ2v) is 6.42. The zero-order valence-corrected chi connectivity index (χ0v) is 11.5. The summed E-state index contributed by atoms with van der Waals surface area (Å²) >= 11 is 1.60. The van der Waals surface area contributed by atoms with Crippen LogP contribution in [0.15, 0.2) is 17.5 Å². The lowest BCUT2D eigenvalue weighted by molar-refractivity contribution is -0.141. The van der Waals surface area contributed by atoms with Crippen LogP contribution in [0.5, 0.6) is 0 Å². The maximum atomic E-state index is 12.2. The van der Waals surface area contributed by atoms with Crippen LogP contribution in [0.3, 0.4) is 0 Å².